The maximum absolute atomic E-state index is 8.82. The summed E-state index contributed by atoms with van der Waals surface area (Å²) in [5.74, 6) is 0.664. The largest absolute Gasteiger partial charge is 0.395 e. The predicted octanol–water partition coefficient (Wildman–Crippen LogP) is 2.41. The van der Waals surface area contributed by atoms with E-state index in [-0.39, 0.29) is 6.61 Å². The van der Waals surface area contributed by atoms with Crippen molar-refractivity contribution in [2.24, 2.45) is 4.99 Å². The maximum atomic E-state index is 8.82. The van der Waals surface area contributed by atoms with E-state index in [4.69, 9.17) is 17.3 Å². The first-order valence-electron chi connectivity index (χ1n) is 6.64. The number of para-hydroxylation sites is 1. The van der Waals surface area contributed by atoms with Crippen LogP contribution in [0.5, 0.6) is 0 Å². The summed E-state index contributed by atoms with van der Waals surface area (Å²) in [5.41, 5.74) is 1.87. The second kappa shape index (κ2) is 8.14. The monoisotopic (exact) mass is 299 g/mol. The van der Waals surface area contributed by atoms with Crippen molar-refractivity contribution in [1.82, 2.24) is 5.32 Å². The van der Waals surface area contributed by atoms with Crippen molar-refractivity contribution < 1.29 is 5.11 Å². The number of anilines is 1. The lowest BCUT2D eigenvalue weighted by Gasteiger charge is -2.11. The third-order valence-corrected chi connectivity index (χ3v) is 2.92. The number of amidine groups is 1. The molecule has 0 aliphatic heterocycles. The van der Waals surface area contributed by atoms with Gasteiger partial charge < -0.3 is 15.7 Å². The average Bonchev–Trinajstić information content (AvgIpc) is 2.54. The second-order valence-electron chi connectivity index (χ2n) is 4.27. The van der Waals surface area contributed by atoms with Gasteiger partial charge in [-0.25, -0.2) is 4.99 Å². The third-order valence-electron chi connectivity index (χ3n) is 2.69. The molecule has 3 N–H and O–H groups in total. The standard InChI is InChI=1S/C16H17N3OS/c20-12-11-17-16(21)19-15(13-7-3-1-4-8-13)18-14-9-5-2-6-10-14/h1-10,20H,11-12H2,(H2,17,18,19,21). The van der Waals surface area contributed by atoms with E-state index >= 15 is 0 Å². The summed E-state index contributed by atoms with van der Waals surface area (Å²) < 4.78 is 0. The lowest BCUT2D eigenvalue weighted by molar-refractivity contribution is 0.300. The van der Waals surface area contributed by atoms with Gasteiger partial charge in [-0.15, -0.1) is 0 Å². The van der Waals surface area contributed by atoms with Gasteiger partial charge in [0, 0.05) is 17.8 Å². The zero-order valence-electron chi connectivity index (χ0n) is 11.5. The van der Waals surface area contributed by atoms with Crippen molar-refractivity contribution in [2.45, 2.75) is 0 Å². The van der Waals surface area contributed by atoms with Crippen LogP contribution >= 0.6 is 12.2 Å². The van der Waals surface area contributed by atoms with Crippen molar-refractivity contribution in [3.05, 3.63) is 66.2 Å². The van der Waals surface area contributed by atoms with Crippen LogP contribution in [0, 0.1) is 0 Å². The Morgan fingerprint density at radius 1 is 1.00 bits per heavy atom. The number of aliphatic hydroxyl groups excluding tert-OH is 1. The van der Waals surface area contributed by atoms with Crippen molar-refractivity contribution in [2.75, 3.05) is 18.5 Å². The molecule has 0 aliphatic rings. The van der Waals surface area contributed by atoms with E-state index in [1.54, 1.807) is 0 Å². The molecule has 0 saturated heterocycles. The van der Waals surface area contributed by atoms with Gasteiger partial charge in [-0.2, -0.15) is 0 Å². The van der Waals surface area contributed by atoms with E-state index < -0.39 is 0 Å². The Morgan fingerprint density at radius 2 is 1.62 bits per heavy atom. The third kappa shape index (κ3) is 4.98. The van der Waals surface area contributed by atoms with Gasteiger partial charge in [0.25, 0.3) is 0 Å². The Bertz CT molecular complexity index is 599. The molecule has 0 spiro atoms. The first-order chi connectivity index (χ1) is 10.3. The molecule has 0 fully saturated rings. The molecule has 0 atom stereocenters. The summed E-state index contributed by atoms with van der Waals surface area (Å²) in [5, 5.41) is 15.3. The molecule has 2 rings (SSSR count). The first kappa shape index (κ1) is 15.2. The van der Waals surface area contributed by atoms with Crippen LogP contribution < -0.4 is 10.6 Å². The van der Waals surface area contributed by atoms with Gasteiger partial charge in [0.2, 0.25) is 0 Å². The van der Waals surface area contributed by atoms with Gasteiger partial charge in [0.1, 0.15) is 5.84 Å². The van der Waals surface area contributed by atoms with Gasteiger partial charge >= 0.3 is 0 Å². The summed E-state index contributed by atoms with van der Waals surface area (Å²) in [6, 6.07) is 19.5. The average molecular weight is 299 g/mol. The van der Waals surface area contributed by atoms with E-state index in [0.29, 0.717) is 17.5 Å². The Kier molecular flexibility index (Phi) is 5.87. The first-order valence-corrected chi connectivity index (χ1v) is 7.05. The van der Waals surface area contributed by atoms with Crippen LogP contribution in [0.25, 0.3) is 0 Å². The molecule has 4 nitrogen and oxygen atoms in total. The maximum Gasteiger partial charge on any atom is 0.194 e. The minimum Gasteiger partial charge on any atom is -0.395 e. The zero-order chi connectivity index (χ0) is 14.9. The van der Waals surface area contributed by atoms with Crippen molar-refractivity contribution >= 4 is 28.9 Å². The van der Waals surface area contributed by atoms with Crippen LogP contribution in [0.3, 0.4) is 0 Å². The number of nitrogens with one attached hydrogen (secondary N) is 2. The van der Waals surface area contributed by atoms with E-state index in [2.05, 4.69) is 15.6 Å². The van der Waals surface area contributed by atoms with Crippen LogP contribution in [0.1, 0.15) is 5.56 Å². The summed E-state index contributed by atoms with van der Waals surface area (Å²) in [6.45, 7) is 0.401. The van der Waals surface area contributed by atoms with Crippen molar-refractivity contribution in [3.8, 4) is 0 Å². The lowest BCUT2D eigenvalue weighted by Crippen LogP contribution is -2.26. The van der Waals surface area contributed by atoms with E-state index in [0.717, 1.165) is 11.3 Å². The van der Waals surface area contributed by atoms with Gasteiger partial charge in [-0.3, -0.25) is 0 Å². The molecule has 0 radical (unpaired) electrons. The number of benzene rings is 2. The molecular weight excluding hydrogens is 282 g/mol. The smallest absolute Gasteiger partial charge is 0.194 e. The zero-order valence-corrected chi connectivity index (χ0v) is 12.3. The van der Waals surface area contributed by atoms with Crippen LogP contribution in [0.4, 0.5) is 5.69 Å². The molecule has 0 aliphatic carbocycles. The second-order valence-corrected chi connectivity index (χ2v) is 4.66. The van der Waals surface area contributed by atoms with E-state index in [1.807, 2.05) is 60.7 Å². The number of aliphatic imine (C=N–C) groups is 1. The molecule has 108 valence electrons. The minimum absolute atomic E-state index is 0.0163. The number of hydrogen-bond donors (Lipinski definition) is 3. The Balaban J connectivity index is 2.22. The highest BCUT2D eigenvalue weighted by Crippen LogP contribution is 2.09. The van der Waals surface area contributed by atoms with Crippen LogP contribution in [-0.4, -0.2) is 29.2 Å². The Labute approximate surface area is 129 Å². The summed E-state index contributed by atoms with van der Waals surface area (Å²) in [6.07, 6.45) is 0. The Hall–Kier alpha value is -2.24. The molecule has 2 aromatic carbocycles. The SMILES string of the molecule is OCCNC(=S)/N=C(\Nc1ccccc1)c1ccccc1. The van der Waals surface area contributed by atoms with Gasteiger partial charge in [0.05, 0.1) is 6.61 Å². The topological polar surface area (TPSA) is 56.6 Å². The molecule has 0 saturated carbocycles. The summed E-state index contributed by atoms with van der Waals surface area (Å²) in [7, 11) is 0. The number of rotatable bonds is 4. The normalized spacial score (nSPS) is 11.0. The highest BCUT2D eigenvalue weighted by Gasteiger charge is 2.05. The minimum atomic E-state index is 0.0163. The van der Waals surface area contributed by atoms with E-state index in [1.165, 1.54) is 0 Å². The molecule has 0 amide bonds. The van der Waals surface area contributed by atoms with E-state index in [9.17, 15) is 0 Å². The molecule has 0 unspecified atom stereocenters. The number of nitrogens with zero attached hydrogens (tertiary/aromatic N) is 1. The summed E-state index contributed by atoms with van der Waals surface area (Å²) >= 11 is 5.16. The number of hydrogen-bond acceptors (Lipinski definition) is 2. The highest BCUT2D eigenvalue weighted by atomic mass is 32.1. The quantitative estimate of drug-likeness (QED) is 0.461. The molecule has 0 heterocycles. The fourth-order valence-corrected chi connectivity index (χ4v) is 1.92. The van der Waals surface area contributed by atoms with Crippen LogP contribution in [0.15, 0.2) is 65.7 Å². The number of thiocarbonyl (C=S) groups is 1. The van der Waals surface area contributed by atoms with Crippen molar-refractivity contribution in [3.63, 3.8) is 0 Å². The Morgan fingerprint density at radius 3 is 2.24 bits per heavy atom. The number of aliphatic hydroxyl groups is 1. The van der Waals surface area contributed by atoms with Crippen molar-refractivity contribution in [1.29, 1.82) is 0 Å². The highest BCUT2D eigenvalue weighted by molar-refractivity contribution is 7.80. The van der Waals surface area contributed by atoms with Crippen LogP contribution in [0.2, 0.25) is 0 Å². The molecule has 0 bridgehead atoms. The van der Waals surface area contributed by atoms with Gasteiger partial charge in [-0.1, -0.05) is 48.5 Å². The fraction of sp³-hybridized carbons (Fsp3) is 0.125. The van der Waals surface area contributed by atoms with Crippen LogP contribution in [-0.2, 0) is 0 Å². The lowest BCUT2D eigenvalue weighted by atomic mass is 10.2. The molecule has 5 heteroatoms. The van der Waals surface area contributed by atoms with Gasteiger partial charge in [0.15, 0.2) is 5.11 Å². The predicted molar refractivity (Wildman–Crippen MR) is 90.7 cm³/mol. The molecule has 0 aromatic heterocycles. The van der Waals surface area contributed by atoms with Gasteiger partial charge in [-0.05, 0) is 24.4 Å². The fourth-order valence-electron chi connectivity index (χ4n) is 1.72. The molecule has 2 aromatic rings. The molecule has 21 heavy (non-hydrogen) atoms. The molecular formula is C16H17N3OS. The summed E-state index contributed by atoms with van der Waals surface area (Å²) in [4.78, 5) is 4.39.